The number of hydrogen-bond donors (Lipinski definition) is 3. The molecule has 3 N–H and O–H groups in total. The number of carbonyl (C=O) groups excluding carboxylic acids is 2. The molecule has 0 saturated heterocycles. The average molecular weight is 449 g/mol. The highest BCUT2D eigenvalue weighted by molar-refractivity contribution is 7.80. The number of nitro groups is 1. The maximum absolute atomic E-state index is 12.4. The molecule has 32 heavy (non-hydrogen) atoms. The molecule has 0 spiro atoms. The summed E-state index contributed by atoms with van der Waals surface area (Å²) in [4.78, 5) is 35.1. The summed E-state index contributed by atoms with van der Waals surface area (Å²) >= 11 is 5.17. The number of anilines is 2. The fourth-order valence-electron chi connectivity index (χ4n) is 2.97. The lowest BCUT2D eigenvalue weighted by molar-refractivity contribution is -0.385. The van der Waals surface area contributed by atoms with Gasteiger partial charge in [0.15, 0.2) is 5.11 Å². The number of nitro benzene ring substituents is 1. The minimum Gasteiger partial charge on any atom is -0.332 e. The van der Waals surface area contributed by atoms with E-state index in [9.17, 15) is 19.7 Å². The summed E-state index contributed by atoms with van der Waals surface area (Å²) in [6.07, 6.45) is 0. The molecular formula is C23H20N4O4S. The lowest BCUT2D eigenvalue weighted by atomic mass is 10.1. The van der Waals surface area contributed by atoms with E-state index in [2.05, 4.69) is 16.0 Å². The Labute approximate surface area is 189 Å². The number of thiocarbonyl (C=S) groups is 1. The number of aryl methyl sites for hydroxylation is 2. The van der Waals surface area contributed by atoms with Crippen molar-refractivity contribution in [2.75, 3.05) is 10.6 Å². The van der Waals surface area contributed by atoms with Gasteiger partial charge < -0.3 is 10.6 Å². The highest BCUT2D eigenvalue weighted by Gasteiger charge is 2.14. The predicted octanol–water partition coefficient (Wildman–Crippen LogP) is 4.59. The molecule has 0 aromatic heterocycles. The highest BCUT2D eigenvalue weighted by Crippen LogP contribution is 2.19. The van der Waals surface area contributed by atoms with Crippen molar-refractivity contribution >= 4 is 46.2 Å². The summed E-state index contributed by atoms with van der Waals surface area (Å²) < 4.78 is 0. The molecule has 3 aromatic rings. The van der Waals surface area contributed by atoms with Gasteiger partial charge >= 0.3 is 0 Å². The van der Waals surface area contributed by atoms with Crippen molar-refractivity contribution in [2.45, 2.75) is 13.8 Å². The first-order valence-corrected chi connectivity index (χ1v) is 9.99. The molecule has 0 aliphatic heterocycles. The minimum atomic E-state index is -0.504. The summed E-state index contributed by atoms with van der Waals surface area (Å²) in [5, 5.41) is 19.2. The van der Waals surface area contributed by atoms with Gasteiger partial charge in [-0.2, -0.15) is 0 Å². The van der Waals surface area contributed by atoms with Crippen LogP contribution in [0, 0.1) is 24.0 Å². The first kappa shape index (κ1) is 22.6. The van der Waals surface area contributed by atoms with E-state index in [0.29, 0.717) is 22.5 Å². The molecule has 9 heteroatoms. The van der Waals surface area contributed by atoms with Crippen molar-refractivity contribution in [2.24, 2.45) is 0 Å². The van der Waals surface area contributed by atoms with E-state index in [4.69, 9.17) is 12.2 Å². The van der Waals surface area contributed by atoms with Crippen molar-refractivity contribution in [3.05, 3.63) is 99.1 Å². The zero-order chi connectivity index (χ0) is 23.3. The molecule has 0 saturated carbocycles. The SMILES string of the molecule is Cc1cccc(C(=O)Nc2ccc(NC(=S)NC(=O)c3ccc([N+](=O)[O-])c(C)c3)cc2)c1. The van der Waals surface area contributed by atoms with Crippen molar-refractivity contribution < 1.29 is 14.5 Å². The van der Waals surface area contributed by atoms with Crippen molar-refractivity contribution in [1.29, 1.82) is 0 Å². The standard InChI is InChI=1S/C23H20N4O4S/c1-14-4-3-5-16(12-14)21(28)24-18-7-9-19(10-8-18)25-23(32)26-22(29)17-6-11-20(27(30)31)15(2)13-17/h3-13H,1-2H3,(H,24,28)(H2,25,26,29,32). The second kappa shape index (κ2) is 9.80. The molecule has 0 bridgehead atoms. The molecule has 8 nitrogen and oxygen atoms in total. The van der Waals surface area contributed by atoms with E-state index in [0.717, 1.165) is 5.56 Å². The Hall–Kier alpha value is -4.11. The van der Waals surface area contributed by atoms with Crippen LogP contribution in [-0.2, 0) is 0 Å². The Kier molecular flexibility index (Phi) is 6.91. The quantitative estimate of drug-likeness (QED) is 0.299. The monoisotopic (exact) mass is 448 g/mol. The molecule has 0 atom stereocenters. The molecule has 3 aromatic carbocycles. The Morgan fingerprint density at radius 2 is 1.47 bits per heavy atom. The van der Waals surface area contributed by atoms with E-state index in [1.807, 2.05) is 19.1 Å². The van der Waals surface area contributed by atoms with Gasteiger partial charge in [0, 0.05) is 34.1 Å². The van der Waals surface area contributed by atoms with Crippen molar-refractivity contribution in [1.82, 2.24) is 5.32 Å². The third-order valence-corrected chi connectivity index (χ3v) is 4.77. The van der Waals surface area contributed by atoms with Crippen LogP contribution in [0.1, 0.15) is 31.8 Å². The van der Waals surface area contributed by atoms with Gasteiger partial charge in [-0.3, -0.25) is 25.0 Å². The second-order valence-corrected chi connectivity index (χ2v) is 7.48. The van der Waals surface area contributed by atoms with Crippen LogP contribution in [0.3, 0.4) is 0 Å². The van der Waals surface area contributed by atoms with Gasteiger partial charge in [-0.1, -0.05) is 17.7 Å². The van der Waals surface area contributed by atoms with E-state index >= 15 is 0 Å². The molecular weight excluding hydrogens is 428 g/mol. The zero-order valence-corrected chi connectivity index (χ0v) is 18.2. The second-order valence-electron chi connectivity index (χ2n) is 7.07. The average Bonchev–Trinajstić information content (AvgIpc) is 2.74. The molecule has 0 aliphatic carbocycles. The van der Waals surface area contributed by atoms with Crippen LogP contribution in [0.15, 0.2) is 66.7 Å². The fraction of sp³-hybridized carbons (Fsp3) is 0.0870. The third kappa shape index (κ3) is 5.73. The van der Waals surface area contributed by atoms with E-state index in [-0.39, 0.29) is 22.3 Å². The van der Waals surface area contributed by atoms with Gasteiger partial charge in [0.05, 0.1) is 4.92 Å². The number of rotatable bonds is 5. The Morgan fingerprint density at radius 1 is 0.844 bits per heavy atom. The van der Waals surface area contributed by atoms with Crippen LogP contribution in [-0.4, -0.2) is 21.9 Å². The molecule has 2 amide bonds. The summed E-state index contributed by atoms with van der Waals surface area (Å²) in [5.41, 5.74) is 3.37. The summed E-state index contributed by atoms with van der Waals surface area (Å²) in [6.45, 7) is 3.48. The van der Waals surface area contributed by atoms with Crippen LogP contribution in [0.25, 0.3) is 0 Å². The fourth-order valence-corrected chi connectivity index (χ4v) is 3.18. The van der Waals surface area contributed by atoms with E-state index < -0.39 is 10.8 Å². The minimum absolute atomic E-state index is 0.0585. The van der Waals surface area contributed by atoms with Crippen LogP contribution < -0.4 is 16.0 Å². The molecule has 162 valence electrons. The largest absolute Gasteiger partial charge is 0.332 e. The summed E-state index contributed by atoms with van der Waals surface area (Å²) in [7, 11) is 0. The van der Waals surface area contributed by atoms with Crippen molar-refractivity contribution in [3.8, 4) is 0 Å². The first-order chi connectivity index (χ1) is 15.2. The first-order valence-electron chi connectivity index (χ1n) is 9.58. The predicted molar refractivity (Wildman–Crippen MR) is 127 cm³/mol. The van der Waals surface area contributed by atoms with Gasteiger partial charge in [0.2, 0.25) is 0 Å². The Bertz CT molecular complexity index is 1210. The molecule has 0 heterocycles. The molecule has 0 fully saturated rings. The van der Waals surface area contributed by atoms with Crippen LogP contribution in [0.4, 0.5) is 17.1 Å². The van der Waals surface area contributed by atoms with Gasteiger partial charge in [0.1, 0.15) is 0 Å². The number of carbonyl (C=O) groups is 2. The summed E-state index contributed by atoms with van der Waals surface area (Å²) in [6, 6.07) is 18.2. The summed E-state index contributed by atoms with van der Waals surface area (Å²) in [5.74, 6) is -0.696. The van der Waals surface area contributed by atoms with Gasteiger partial charge in [-0.05, 0) is 74.6 Å². The molecule has 0 unspecified atom stereocenters. The Balaban J connectivity index is 1.57. The van der Waals surface area contributed by atoms with E-state index in [1.54, 1.807) is 43.3 Å². The molecule has 3 rings (SSSR count). The van der Waals surface area contributed by atoms with Gasteiger partial charge in [-0.15, -0.1) is 0 Å². The van der Waals surface area contributed by atoms with Crippen LogP contribution >= 0.6 is 12.2 Å². The van der Waals surface area contributed by atoms with Crippen LogP contribution in [0.2, 0.25) is 0 Å². The number of nitrogens with zero attached hydrogens (tertiary/aromatic N) is 1. The van der Waals surface area contributed by atoms with Gasteiger partial charge in [0.25, 0.3) is 17.5 Å². The molecule has 0 aliphatic rings. The number of amides is 2. The third-order valence-electron chi connectivity index (χ3n) is 4.56. The maximum Gasteiger partial charge on any atom is 0.272 e. The molecule has 0 radical (unpaired) electrons. The number of hydrogen-bond acceptors (Lipinski definition) is 5. The van der Waals surface area contributed by atoms with Gasteiger partial charge in [-0.25, -0.2) is 0 Å². The van der Waals surface area contributed by atoms with Crippen molar-refractivity contribution in [3.63, 3.8) is 0 Å². The number of nitrogens with one attached hydrogen (secondary N) is 3. The van der Waals surface area contributed by atoms with E-state index in [1.165, 1.54) is 18.2 Å². The highest BCUT2D eigenvalue weighted by atomic mass is 32.1. The topological polar surface area (TPSA) is 113 Å². The lowest BCUT2D eigenvalue weighted by Gasteiger charge is -2.11. The van der Waals surface area contributed by atoms with Crippen LogP contribution in [0.5, 0.6) is 0 Å². The Morgan fingerprint density at radius 3 is 2.06 bits per heavy atom. The normalized spacial score (nSPS) is 10.2. The number of benzene rings is 3. The lowest BCUT2D eigenvalue weighted by Crippen LogP contribution is -2.34. The maximum atomic E-state index is 12.4. The smallest absolute Gasteiger partial charge is 0.272 e. The zero-order valence-electron chi connectivity index (χ0n) is 17.3.